The Morgan fingerprint density at radius 3 is 2.15 bits per heavy atom. The number of methoxy groups -OCH3 is 1. The molecule has 314 valence electrons. The summed E-state index contributed by atoms with van der Waals surface area (Å²) in [7, 11) is 7.19. The molecule has 5 N–H and O–H groups in total. The Morgan fingerprint density at radius 2 is 1.62 bits per heavy atom. The van der Waals surface area contributed by atoms with Crippen LogP contribution >= 0.6 is 0 Å². The van der Waals surface area contributed by atoms with Gasteiger partial charge in [-0.25, -0.2) is 0 Å². The molecule has 0 amide bonds. The predicted molar refractivity (Wildman–Crippen MR) is 201 cm³/mol. The van der Waals surface area contributed by atoms with Crippen LogP contribution in [0.1, 0.15) is 102 Å². The Morgan fingerprint density at radius 1 is 1.02 bits per heavy atom. The van der Waals surface area contributed by atoms with Crippen LogP contribution in [0, 0.1) is 17.8 Å². The molecule has 17 unspecified atom stereocenters. The summed E-state index contributed by atoms with van der Waals surface area (Å²) >= 11 is 0. The van der Waals surface area contributed by atoms with Gasteiger partial charge in [0.15, 0.2) is 12.6 Å². The molecule has 2 saturated heterocycles. The fourth-order valence-corrected chi connectivity index (χ4v) is 7.89. The number of esters is 1. The first-order chi connectivity index (χ1) is 24.4. The first-order valence-corrected chi connectivity index (χ1v) is 19.6. The van der Waals surface area contributed by atoms with Crippen molar-refractivity contribution in [3.63, 3.8) is 0 Å². The van der Waals surface area contributed by atoms with Gasteiger partial charge in [0.2, 0.25) is 0 Å². The highest BCUT2D eigenvalue weighted by Gasteiger charge is 2.51. The number of hydrogen-bond donors (Lipinski definition) is 5. The van der Waals surface area contributed by atoms with Gasteiger partial charge in [-0.15, -0.1) is 0 Å². The Bertz CT molecular complexity index is 1100. The number of hydrogen-bond acceptors (Lipinski definition) is 14. The van der Waals surface area contributed by atoms with Crippen LogP contribution in [0.25, 0.3) is 0 Å². The number of ether oxygens (including phenoxy) is 6. The zero-order valence-electron chi connectivity index (χ0n) is 35.3. The molecule has 14 nitrogen and oxygen atoms in total. The second-order valence-corrected chi connectivity index (χ2v) is 17.0. The van der Waals surface area contributed by atoms with E-state index in [0.717, 1.165) is 0 Å². The summed E-state index contributed by atoms with van der Waals surface area (Å²) in [5.74, 6) is -2.31. The van der Waals surface area contributed by atoms with E-state index in [4.69, 9.17) is 28.4 Å². The van der Waals surface area contributed by atoms with Gasteiger partial charge in [-0.2, -0.15) is 0 Å². The molecule has 0 spiro atoms. The third-order valence-corrected chi connectivity index (χ3v) is 11.8. The second-order valence-electron chi connectivity index (χ2n) is 17.0. The first kappa shape index (κ1) is 48.1. The number of aliphatic hydroxyl groups is 5. The number of carbonyl (C=O) groups excluding carboxylic acids is 1. The maximum atomic E-state index is 13.7. The molecule has 0 bridgehead atoms. The molecule has 0 aromatic carbocycles. The van der Waals surface area contributed by atoms with Crippen molar-refractivity contribution in [2.45, 2.75) is 193 Å². The van der Waals surface area contributed by atoms with Gasteiger partial charge >= 0.3 is 5.97 Å². The van der Waals surface area contributed by atoms with Gasteiger partial charge in [0.05, 0.1) is 59.8 Å². The minimum atomic E-state index is -1.59. The molecule has 0 radical (unpaired) electrons. The molecule has 2 aliphatic heterocycles. The van der Waals surface area contributed by atoms with Gasteiger partial charge in [-0.05, 0) is 102 Å². The number of nitrogens with zero attached hydrogens (tertiary/aromatic N) is 2. The third-order valence-electron chi connectivity index (χ3n) is 11.8. The van der Waals surface area contributed by atoms with Crippen molar-refractivity contribution in [1.82, 2.24) is 9.80 Å². The number of rotatable bonds is 20. The summed E-state index contributed by atoms with van der Waals surface area (Å²) in [6.07, 6.45) is -7.47. The lowest BCUT2D eigenvalue weighted by atomic mass is 9.78. The van der Waals surface area contributed by atoms with E-state index in [0.29, 0.717) is 19.4 Å². The van der Waals surface area contributed by atoms with Crippen molar-refractivity contribution in [1.29, 1.82) is 0 Å². The van der Waals surface area contributed by atoms with E-state index in [-0.39, 0.29) is 43.1 Å². The van der Waals surface area contributed by atoms with E-state index in [1.54, 1.807) is 34.6 Å². The summed E-state index contributed by atoms with van der Waals surface area (Å²) < 4.78 is 37.3. The molecular formula is C39H76N2O12. The minimum Gasteiger partial charge on any atom is -0.462 e. The lowest BCUT2D eigenvalue weighted by molar-refractivity contribution is -0.317. The predicted octanol–water partition coefficient (Wildman–Crippen LogP) is 2.54. The van der Waals surface area contributed by atoms with Crippen LogP contribution < -0.4 is 0 Å². The molecule has 2 aliphatic rings. The molecule has 14 heteroatoms. The van der Waals surface area contributed by atoms with Crippen LogP contribution in [-0.4, -0.2) is 167 Å². The molecule has 18 atom stereocenters. The van der Waals surface area contributed by atoms with Crippen molar-refractivity contribution in [2.24, 2.45) is 17.8 Å². The van der Waals surface area contributed by atoms with Crippen LogP contribution in [0.2, 0.25) is 0 Å². The average Bonchev–Trinajstić information content (AvgIpc) is 3.07. The Labute approximate surface area is 319 Å². The monoisotopic (exact) mass is 765 g/mol. The highest BCUT2D eigenvalue weighted by molar-refractivity contribution is 5.73. The summed E-state index contributed by atoms with van der Waals surface area (Å²) in [5.41, 5.74) is -2.58. The lowest BCUT2D eigenvalue weighted by Gasteiger charge is -2.49. The van der Waals surface area contributed by atoms with E-state index in [2.05, 4.69) is 0 Å². The summed E-state index contributed by atoms with van der Waals surface area (Å²) in [6.45, 7) is 20.2. The van der Waals surface area contributed by atoms with Crippen molar-refractivity contribution in [3.05, 3.63) is 0 Å². The van der Waals surface area contributed by atoms with Gasteiger partial charge in [-0.1, -0.05) is 20.8 Å². The smallest absolute Gasteiger partial charge is 0.311 e. The highest BCUT2D eigenvalue weighted by Crippen LogP contribution is 2.39. The topological polar surface area (TPSA) is 180 Å². The Kier molecular flexibility index (Phi) is 18.5. The van der Waals surface area contributed by atoms with Gasteiger partial charge < -0.3 is 63.8 Å². The molecule has 2 heterocycles. The molecule has 2 rings (SSSR count). The second kappa shape index (κ2) is 20.4. The highest BCUT2D eigenvalue weighted by atomic mass is 16.7. The third kappa shape index (κ3) is 12.7. The van der Waals surface area contributed by atoms with Gasteiger partial charge in [0.1, 0.15) is 12.2 Å². The van der Waals surface area contributed by atoms with E-state index in [9.17, 15) is 30.3 Å². The first-order valence-electron chi connectivity index (χ1n) is 19.6. The molecular weight excluding hydrogens is 688 g/mol. The lowest BCUT2D eigenvalue weighted by Crippen LogP contribution is -2.61. The fraction of sp³-hybridized carbons (Fsp3) is 0.974. The summed E-state index contributed by atoms with van der Waals surface area (Å²) in [4.78, 5) is 17.7. The maximum absolute atomic E-state index is 13.7. The molecule has 2 fully saturated rings. The summed E-state index contributed by atoms with van der Waals surface area (Å²) in [6, 6.07) is -0.514. The largest absolute Gasteiger partial charge is 0.462 e. The maximum Gasteiger partial charge on any atom is 0.311 e. The zero-order chi connectivity index (χ0) is 40.7. The minimum absolute atomic E-state index is 0.165. The van der Waals surface area contributed by atoms with Crippen molar-refractivity contribution >= 4 is 5.97 Å². The van der Waals surface area contributed by atoms with E-state index < -0.39 is 84.3 Å². The number of carbonyl (C=O) groups is 1. The summed E-state index contributed by atoms with van der Waals surface area (Å²) in [5, 5.41) is 55.5. The molecule has 0 aliphatic carbocycles. The quantitative estimate of drug-likeness (QED) is 0.114. The average molecular weight is 765 g/mol. The van der Waals surface area contributed by atoms with Crippen molar-refractivity contribution < 1.29 is 58.7 Å². The number of aliphatic hydroxyl groups excluding tert-OH is 4. The normalized spacial score (nSPS) is 34.7. The molecule has 0 saturated carbocycles. The van der Waals surface area contributed by atoms with Crippen LogP contribution in [0.5, 0.6) is 0 Å². The fourth-order valence-electron chi connectivity index (χ4n) is 7.89. The molecule has 0 aromatic rings. The van der Waals surface area contributed by atoms with Crippen LogP contribution in [0.15, 0.2) is 0 Å². The van der Waals surface area contributed by atoms with Gasteiger partial charge in [-0.3, -0.25) is 4.79 Å². The van der Waals surface area contributed by atoms with E-state index in [1.807, 2.05) is 72.5 Å². The van der Waals surface area contributed by atoms with Crippen LogP contribution in [0.3, 0.4) is 0 Å². The molecule has 0 aromatic heterocycles. The Balaban J connectivity index is 2.61. The SMILES string of the molecule is CC[C@@H](C)OC(=O)C(C)C(OC1CC(C)(OC)C(O)C(C)O1)C(C)C(OC1OC(C)CC(N(C)C)C1O)C(C)(O)CC(C)N(C)CC(C)C(O)C(C)O. The molecule has 53 heavy (non-hydrogen) atoms. The van der Waals surface area contributed by atoms with Gasteiger partial charge in [0.25, 0.3) is 0 Å². The van der Waals surface area contributed by atoms with Crippen molar-refractivity contribution in [3.8, 4) is 0 Å². The van der Waals surface area contributed by atoms with Gasteiger partial charge in [0, 0.05) is 38.1 Å². The Hall–Kier alpha value is -1.01. The van der Waals surface area contributed by atoms with Crippen molar-refractivity contribution in [2.75, 3.05) is 34.8 Å². The standard InChI is InChI=1S/C39H76N2O12/c1-16-23(4)49-36(46)26(7)33(52-30-19-39(11,48-15)34(45)28(9)51-30)25(6)35(53-37-32(44)29(40(12)13)17-24(5)50-37)38(10,47)18-22(3)41(14)20-21(2)31(43)27(8)42/h21-35,37,42-45,47H,16-20H2,1-15H3/t21?,22?,23-,24?,25?,26?,27?,28?,29?,30?,31?,32?,33?,34?,35?,37?,38?,39?/m1/s1. The zero-order valence-corrected chi connectivity index (χ0v) is 35.3. The van der Waals surface area contributed by atoms with Crippen LogP contribution in [0.4, 0.5) is 0 Å². The van der Waals surface area contributed by atoms with Crippen LogP contribution in [-0.2, 0) is 33.2 Å². The van der Waals surface area contributed by atoms with E-state index >= 15 is 0 Å². The van der Waals surface area contributed by atoms with E-state index in [1.165, 1.54) is 7.11 Å². The number of likely N-dealkylation sites (N-methyl/N-ethyl adjacent to an activating group) is 1.